The molecule has 1 aliphatic rings. The van der Waals surface area contributed by atoms with Crippen molar-refractivity contribution in [3.63, 3.8) is 0 Å². The third kappa shape index (κ3) is 3.80. The number of fused-ring (bicyclic) bond motifs is 1. The summed E-state index contributed by atoms with van der Waals surface area (Å²) in [5.74, 6) is 2.54. The predicted octanol–water partition coefficient (Wildman–Crippen LogP) is 6.04. The SMILES string of the molecule is CN(Cc1csc2ccccc12)C(=O)c1ccc(C2SCCCS2)cc1. The normalized spacial score (nSPS) is 15.3. The second kappa shape index (κ2) is 8.07. The van der Waals surface area contributed by atoms with Gasteiger partial charge in [0, 0.05) is 23.9 Å². The second-order valence-electron chi connectivity index (χ2n) is 6.47. The molecule has 2 aromatic carbocycles. The van der Waals surface area contributed by atoms with Crippen molar-refractivity contribution in [1.82, 2.24) is 4.90 Å². The van der Waals surface area contributed by atoms with E-state index in [1.807, 2.05) is 47.6 Å². The third-order valence-electron chi connectivity index (χ3n) is 4.57. The van der Waals surface area contributed by atoms with Crippen molar-refractivity contribution in [2.45, 2.75) is 17.5 Å². The highest BCUT2D eigenvalue weighted by Gasteiger charge is 2.18. The summed E-state index contributed by atoms with van der Waals surface area (Å²) in [5, 5.41) is 3.41. The largest absolute Gasteiger partial charge is 0.337 e. The average molecular weight is 400 g/mol. The zero-order valence-corrected chi connectivity index (χ0v) is 17.1. The lowest BCUT2D eigenvalue weighted by Crippen LogP contribution is -2.26. The number of nitrogens with zero attached hydrogens (tertiary/aromatic N) is 1. The Morgan fingerprint density at radius 1 is 1.08 bits per heavy atom. The summed E-state index contributed by atoms with van der Waals surface area (Å²) in [6.07, 6.45) is 1.30. The molecule has 1 aromatic heterocycles. The number of hydrogen-bond acceptors (Lipinski definition) is 4. The first-order chi connectivity index (χ1) is 12.7. The summed E-state index contributed by atoms with van der Waals surface area (Å²) in [5.41, 5.74) is 3.30. The van der Waals surface area contributed by atoms with Gasteiger partial charge in [0.25, 0.3) is 5.91 Å². The number of rotatable bonds is 4. The van der Waals surface area contributed by atoms with E-state index < -0.39 is 0 Å². The van der Waals surface area contributed by atoms with Crippen LogP contribution in [0.5, 0.6) is 0 Å². The molecule has 1 aliphatic heterocycles. The van der Waals surface area contributed by atoms with Gasteiger partial charge in [0.1, 0.15) is 0 Å². The van der Waals surface area contributed by atoms with Crippen LogP contribution >= 0.6 is 34.9 Å². The van der Waals surface area contributed by atoms with Crippen LogP contribution in [0.15, 0.2) is 53.9 Å². The van der Waals surface area contributed by atoms with E-state index in [0.29, 0.717) is 11.1 Å². The van der Waals surface area contributed by atoms with Gasteiger partial charge in [-0.15, -0.1) is 34.9 Å². The molecular formula is C21H21NOS3. The Bertz CT molecular complexity index is 897. The number of amides is 1. The molecule has 0 spiro atoms. The van der Waals surface area contributed by atoms with Crippen molar-refractivity contribution in [2.24, 2.45) is 0 Å². The summed E-state index contributed by atoms with van der Waals surface area (Å²) in [7, 11) is 1.88. The first-order valence-electron chi connectivity index (χ1n) is 8.76. The summed E-state index contributed by atoms with van der Waals surface area (Å²) < 4.78 is 1.79. The number of thiophene rings is 1. The van der Waals surface area contributed by atoms with Gasteiger partial charge in [0.2, 0.25) is 0 Å². The molecule has 0 unspecified atom stereocenters. The fourth-order valence-corrected chi connectivity index (χ4v) is 7.01. The lowest BCUT2D eigenvalue weighted by atomic mass is 10.1. The molecule has 0 radical (unpaired) electrons. The number of hydrogen-bond donors (Lipinski definition) is 0. The standard InChI is InChI=1S/C21H21NOS3/c1-22(13-17-14-26-19-6-3-2-5-18(17)19)20(23)15-7-9-16(10-8-15)21-24-11-4-12-25-21/h2-3,5-10,14,21H,4,11-13H2,1H3. The zero-order chi connectivity index (χ0) is 17.9. The molecule has 2 nitrogen and oxygen atoms in total. The second-order valence-corrected chi connectivity index (χ2v) is 10.1. The fourth-order valence-electron chi connectivity index (χ4n) is 3.17. The van der Waals surface area contributed by atoms with E-state index in [9.17, 15) is 4.79 Å². The van der Waals surface area contributed by atoms with Gasteiger partial charge in [-0.2, -0.15) is 0 Å². The van der Waals surface area contributed by atoms with Crippen LogP contribution < -0.4 is 0 Å². The molecule has 0 atom stereocenters. The van der Waals surface area contributed by atoms with Crippen LogP contribution in [0.1, 0.15) is 32.5 Å². The third-order valence-corrected chi connectivity index (χ3v) is 8.60. The first-order valence-corrected chi connectivity index (χ1v) is 11.7. The van der Waals surface area contributed by atoms with Crippen LogP contribution in [0.3, 0.4) is 0 Å². The molecule has 4 rings (SSSR count). The van der Waals surface area contributed by atoms with Crippen LogP contribution in [0.25, 0.3) is 10.1 Å². The molecule has 0 aliphatic carbocycles. The van der Waals surface area contributed by atoms with Crippen molar-refractivity contribution in [3.8, 4) is 0 Å². The number of benzene rings is 2. The van der Waals surface area contributed by atoms with E-state index in [1.54, 1.807) is 11.3 Å². The molecule has 0 N–H and O–H groups in total. The average Bonchev–Trinajstić information content (AvgIpc) is 3.11. The van der Waals surface area contributed by atoms with Crippen molar-refractivity contribution in [3.05, 3.63) is 70.6 Å². The minimum Gasteiger partial charge on any atom is -0.337 e. The van der Waals surface area contributed by atoms with Crippen molar-refractivity contribution >= 4 is 50.9 Å². The highest BCUT2D eigenvalue weighted by Crippen LogP contribution is 2.43. The molecule has 0 saturated carbocycles. The Morgan fingerprint density at radius 2 is 1.81 bits per heavy atom. The molecule has 1 saturated heterocycles. The van der Waals surface area contributed by atoms with Crippen LogP contribution in [0.2, 0.25) is 0 Å². The maximum absolute atomic E-state index is 12.8. The minimum absolute atomic E-state index is 0.0794. The summed E-state index contributed by atoms with van der Waals surface area (Å²) in [6.45, 7) is 0.638. The Hall–Kier alpha value is -1.43. The minimum atomic E-state index is 0.0794. The smallest absolute Gasteiger partial charge is 0.253 e. The number of carbonyl (C=O) groups excluding carboxylic acids is 1. The Morgan fingerprint density at radius 3 is 2.58 bits per heavy atom. The molecule has 0 bridgehead atoms. The summed E-state index contributed by atoms with van der Waals surface area (Å²) >= 11 is 5.76. The van der Waals surface area contributed by atoms with Crippen molar-refractivity contribution in [2.75, 3.05) is 18.6 Å². The quantitative estimate of drug-likeness (QED) is 0.533. The summed E-state index contributed by atoms with van der Waals surface area (Å²) in [4.78, 5) is 14.6. The van der Waals surface area contributed by atoms with Crippen LogP contribution in [0, 0.1) is 0 Å². The van der Waals surface area contributed by atoms with Gasteiger partial charge in [-0.3, -0.25) is 4.79 Å². The number of thioether (sulfide) groups is 2. The monoisotopic (exact) mass is 399 g/mol. The van der Waals surface area contributed by atoms with Crippen molar-refractivity contribution in [1.29, 1.82) is 0 Å². The molecule has 2 heterocycles. The van der Waals surface area contributed by atoms with Gasteiger partial charge in [-0.25, -0.2) is 0 Å². The Labute approximate surface area is 167 Å². The maximum Gasteiger partial charge on any atom is 0.253 e. The van der Waals surface area contributed by atoms with E-state index in [2.05, 4.69) is 41.8 Å². The van der Waals surface area contributed by atoms with E-state index in [4.69, 9.17) is 0 Å². The van der Waals surface area contributed by atoms with Crippen molar-refractivity contribution < 1.29 is 4.79 Å². The molecule has 1 amide bonds. The molecule has 26 heavy (non-hydrogen) atoms. The van der Waals surface area contributed by atoms with E-state index in [1.165, 1.54) is 39.1 Å². The van der Waals surface area contributed by atoms with Crippen LogP contribution in [-0.4, -0.2) is 29.4 Å². The Kier molecular flexibility index (Phi) is 5.57. The lowest BCUT2D eigenvalue weighted by Gasteiger charge is -2.22. The molecule has 1 fully saturated rings. The zero-order valence-electron chi connectivity index (χ0n) is 14.7. The molecule has 3 aromatic rings. The van der Waals surface area contributed by atoms with Gasteiger partial charge in [-0.05, 0) is 58.0 Å². The fraction of sp³-hybridized carbons (Fsp3) is 0.286. The van der Waals surface area contributed by atoms with Gasteiger partial charge >= 0.3 is 0 Å². The first kappa shape index (κ1) is 18.0. The van der Waals surface area contributed by atoms with Gasteiger partial charge in [-0.1, -0.05) is 30.3 Å². The lowest BCUT2D eigenvalue weighted by molar-refractivity contribution is 0.0786. The highest BCUT2D eigenvalue weighted by molar-refractivity contribution is 8.16. The van der Waals surface area contributed by atoms with Crippen LogP contribution in [-0.2, 0) is 6.54 Å². The van der Waals surface area contributed by atoms with E-state index in [-0.39, 0.29) is 5.91 Å². The highest BCUT2D eigenvalue weighted by atomic mass is 32.2. The summed E-state index contributed by atoms with van der Waals surface area (Å²) in [6, 6.07) is 16.6. The van der Waals surface area contributed by atoms with E-state index in [0.717, 1.165) is 5.56 Å². The Balaban J connectivity index is 1.46. The van der Waals surface area contributed by atoms with Gasteiger partial charge in [0.15, 0.2) is 0 Å². The van der Waals surface area contributed by atoms with Gasteiger partial charge in [0.05, 0.1) is 4.58 Å². The topological polar surface area (TPSA) is 20.3 Å². The van der Waals surface area contributed by atoms with Crippen LogP contribution in [0.4, 0.5) is 0 Å². The molecule has 5 heteroatoms. The molecular weight excluding hydrogens is 378 g/mol. The number of carbonyl (C=O) groups is 1. The predicted molar refractivity (Wildman–Crippen MR) is 116 cm³/mol. The molecule has 134 valence electrons. The van der Waals surface area contributed by atoms with Gasteiger partial charge < -0.3 is 4.90 Å². The van der Waals surface area contributed by atoms with E-state index >= 15 is 0 Å². The maximum atomic E-state index is 12.8.